The van der Waals surface area contributed by atoms with Crippen LogP contribution in [0.5, 0.6) is 0 Å². The van der Waals surface area contributed by atoms with Gasteiger partial charge < -0.3 is 20.1 Å². The van der Waals surface area contributed by atoms with Gasteiger partial charge in [0.2, 0.25) is 23.9 Å². The number of fused-ring (bicyclic) bond motifs is 1. The van der Waals surface area contributed by atoms with Crippen molar-refractivity contribution in [1.82, 2.24) is 19.5 Å². The Hall–Kier alpha value is -2.83. The number of amides is 1. The summed E-state index contributed by atoms with van der Waals surface area (Å²) >= 11 is 0. The van der Waals surface area contributed by atoms with Crippen LogP contribution in [0.4, 0.5) is 10.3 Å². The Morgan fingerprint density at radius 2 is 2.23 bits per heavy atom. The van der Waals surface area contributed by atoms with Crippen molar-refractivity contribution in [3.05, 3.63) is 28.3 Å². The number of carbonyl (C=O) groups is 1. The Morgan fingerprint density at radius 1 is 1.54 bits per heavy atom. The quantitative estimate of drug-likeness (QED) is 0.433. The summed E-state index contributed by atoms with van der Waals surface area (Å²) in [6.45, 7) is 2.38. The summed E-state index contributed by atoms with van der Waals surface area (Å²) in [6, 6.07) is 0. The van der Waals surface area contributed by atoms with Crippen LogP contribution in [0.15, 0.2) is 22.7 Å². The lowest BCUT2D eigenvalue weighted by Gasteiger charge is -2.23. The number of nitrogens with one attached hydrogen (secondary N) is 2. The fourth-order valence-corrected chi connectivity index (χ4v) is 2.36. The number of anilines is 1. The van der Waals surface area contributed by atoms with Crippen LogP contribution < -0.4 is 10.9 Å². The molecule has 0 fully saturated rings. The minimum absolute atomic E-state index is 0.183. The summed E-state index contributed by atoms with van der Waals surface area (Å²) in [7, 11) is 0. The van der Waals surface area contributed by atoms with E-state index in [4.69, 9.17) is 9.84 Å². The molecule has 2 aromatic rings. The van der Waals surface area contributed by atoms with Gasteiger partial charge in [0.25, 0.3) is 11.3 Å². The van der Waals surface area contributed by atoms with Crippen LogP contribution in [0.1, 0.15) is 20.1 Å². The Bertz CT molecular complexity index is 962. The highest BCUT2D eigenvalue weighted by Crippen LogP contribution is 2.41. The molecule has 3 rings (SSSR count). The van der Waals surface area contributed by atoms with Gasteiger partial charge >= 0.3 is 0 Å². The molecule has 1 aliphatic heterocycles. The van der Waals surface area contributed by atoms with Crippen LogP contribution in [-0.2, 0) is 9.53 Å². The average Bonchev–Trinajstić information content (AvgIpc) is 3.07. The molecule has 3 heterocycles. The van der Waals surface area contributed by atoms with Gasteiger partial charge in [-0.25, -0.2) is 9.37 Å². The van der Waals surface area contributed by atoms with Gasteiger partial charge in [0, 0.05) is 5.92 Å². The summed E-state index contributed by atoms with van der Waals surface area (Å²) in [5.74, 6) is -6.22. The van der Waals surface area contributed by atoms with Crippen molar-refractivity contribution in [3.63, 3.8) is 0 Å². The molecule has 0 aromatic carbocycles. The van der Waals surface area contributed by atoms with Gasteiger partial charge in [0.15, 0.2) is 16.9 Å². The lowest BCUT2D eigenvalue weighted by Crippen LogP contribution is -2.37. The van der Waals surface area contributed by atoms with E-state index in [0.29, 0.717) is 0 Å². The molecule has 26 heavy (non-hydrogen) atoms. The number of hydrogen-bond acceptors (Lipinski definition) is 8. The number of ether oxygens (including phenoxy) is 1. The van der Waals surface area contributed by atoms with E-state index in [1.807, 2.05) is 0 Å². The molecule has 0 unspecified atom stereocenters. The van der Waals surface area contributed by atoms with Crippen LogP contribution in [0, 0.1) is 5.92 Å². The Kier molecular flexibility index (Phi) is 4.26. The smallest absolute Gasteiger partial charge is 0.280 e. The Morgan fingerprint density at radius 3 is 2.81 bits per heavy atom. The molecule has 0 saturated heterocycles. The summed E-state index contributed by atoms with van der Waals surface area (Å²) in [6.07, 6.45) is -0.780. The molecule has 1 atom stereocenters. The van der Waals surface area contributed by atoms with Crippen LogP contribution in [0.2, 0.25) is 0 Å². The van der Waals surface area contributed by atoms with Crippen LogP contribution in [0.25, 0.3) is 11.2 Å². The maximum Gasteiger partial charge on any atom is 0.280 e. The molecule has 0 radical (unpaired) electrons. The maximum absolute atomic E-state index is 13.9. The molecule has 1 aliphatic rings. The second kappa shape index (κ2) is 6.16. The topological polar surface area (TPSA) is 163 Å². The molecule has 0 spiro atoms. The van der Waals surface area contributed by atoms with E-state index in [1.54, 1.807) is 13.8 Å². The van der Waals surface area contributed by atoms with Crippen molar-refractivity contribution in [2.24, 2.45) is 5.92 Å². The number of aliphatic hydroxyl groups is 3. The van der Waals surface area contributed by atoms with E-state index in [0.717, 1.165) is 10.9 Å². The minimum atomic E-state index is -3.10. The van der Waals surface area contributed by atoms with E-state index in [2.05, 4.69) is 20.3 Å². The van der Waals surface area contributed by atoms with Gasteiger partial charge in [0.1, 0.15) is 12.9 Å². The third-order valence-electron chi connectivity index (χ3n) is 3.76. The highest BCUT2D eigenvalue weighted by Gasteiger charge is 2.51. The fourth-order valence-electron chi connectivity index (χ4n) is 2.36. The number of H-pyrrole nitrogens is 1. The van der Waals surface area contributed by atoms with E-state index in [-0.39, 0.29) is 23.0 Å². The molecule has 5 N–H and O–H groups in total. The van der Waals surface area contributed by atoms with Gasteiger partial charge in [0.05, 0.1) is 0 Å². The fraction of sp³-hybridized carbons (Fsp3) is 0.429. The summed E-state index contributed by atoms with van der Waals surface area (Å²) in [5.41, 5.74) is -1.08. The van der Waals surface area contributed by atoms with Crippen LogP contribution in [-0.4, -0.2) is 53.1 Å². The SMILES string of the molecule is CC(C)C(=O)Nc1nc2c(ncn2[C@@H]2OC(CO)=C(F)C2(O)O)c(=O)[nH]1. The van der Waals surface area contributed by atoms with Crippen molar-refractivity contribution in [3.8, 4) is 0 Å². The predicted molar refractivity (Wildman–Crippen MR) is 84.1 cm³/mol. The molecule has 2 aromatic heterocycles. The van der Waals surface area contributed by atoms with Gasteiger partial charge in [-0.1, -0.05) is 13.8 Å². The number of hydrogen-bond donors (Lipinski definition) is 5. The van der Waals surface area contributed by atoms with E-state index in [1.165, 1.54) is 0 Å². The number of halogens is 1. The van der Waals surface area contributed by atoms with Gasteiger partial charge in [-0.3, -0.25) is 24.5 Å². The van der Waals surface area contributed by atoms with Crippen molar-refractivity contribution in [1.29, 1.82) is 0 Å². The molecule has 11 nitrogen and oxygen atoms in total. The lowest BCUT2D eigenvalue weighted by atomic mass is 10.2. The van der Waals surface area contributed by atoms with E-state index in [9.17, 15) is 24.2 Å². The van der Waals surface area contributed by atoms with E-state index >= 15 is 0 Å². The third-order valence-corrected chi connectivity index (χ3v) is 3.76. The number of aromatic amines is 1. The molecule has 12 heteroatoms. The number of carbonyl (C=O) groups excluding carboxylic acids is 1. The molecule has 0 bridgehead atoms. The van der Waals surface area contributed by atoms with Crippen molar-refractivity contribution < 1.29 is 29.2 Å². The standard InChI is InChI=1S/C14H16FN5O6/c1-5(2)10(22)18-13-17-9-7(11(23)19-13)16-4-20(9)12-14(24,25)8(15)6(3-21)26-12/h4-5,12,21,24-25H,3H2,1-2H3,(H2,17,18,19,22,23)/t12-/m1/s1. The van der Waals surface area contributed by atoms with Gasteiger partial charge in [-0.15, -0.1) is 0 Å². The summed E-state index contributed by atoms with van der Waals surface area (Å²) in [5, 5.41) is 31.4. The van der Waals surface area contributed by atoms with Crippen molar-refractivity contribution >= 4 is 23.0 Å². The second-order valence-corrected chi connectivity index (χ2v) is 5.97. The first-order valence-electron chi connectivity index (χ1n) is 7.56. The Balaban J connectivity index is 2.07. The van der Waals surface area contributed by atoms with Crippen LogP contribution in [0.3, 0.4) is 0 Å². The molecule has 140 valence electrons. The third kappa shape index (κ3) is 2.73. The summed E-state index contributed by atoms with van der Waals surface area (Å²) < 4.78 is 19.9. The number of aliphatic hydroxyl groups excluding tert-OH is 1. The number of imidazole rings is 1. The molecule has 0 aliphatic carbocycles. The minimum Gasteiger partial charge on any atom is -0.463 e. The number of nitrogens with zero attached hydrogens (tertiary/aromatic N) is 3. The monoisotopic (exact) mass is 369 g/mol. The molecule has 0 saturated carbocycles. The number of rotatable bonds is 4. The van der Waals surface area contributed by atoms with Crippen molar-refractivity contribution in [2.75, 3.05) is 11.9 Å². The molecular weight excluding hydrogens is 353 g/mol. The van der Waals surface area contributed by atoms with Gasteiger partial charge in [-0.2, -0.15) is 4.98 Å². The molecule has 1 amide bonds. The second-order valence-electron chi connectivity index (χ2n) is 5.97. The predicted octanol–water partition coefficient (Wildman–Crippen LogP) is -0.903. The maximum atomic E-state index is 13.9. The van der Waals surface area contributed by atoms with Gasteiger partial charge in [-0.05, 0) is 0 Å². The highest BCUT2D eigenvalue weighted by atomic mass is 19.1. The first kappa shape index (κ1) is 18.0. The van der Waals surface area contributed by atoms with Crippen LogP contribution >= 0.6 is 0 Å². The summed E-state index contributed by atoms with van der Waals surface area (Å²) in [4.78, 5) is 34.0. The average molecular weight is 369 g/mol. The Labute approximate surface area is 144 Å². The highest BCUT2D eigenvalue weighted by molar-refractivity contribution is 5.91. The zero-order valence-electron chi connectivity index (χ0n) is 13.7. The van der Waals surface area contributed by atoms with E-state index < -0.39 is 41.7 Å². The number of aromatic nitrogens is 4. The first-order valence-corrected chi connectivity index (χ1v) is 7.56. The zero-order valence-corrected chi connectivity index (χ0v) is 13.7. The van der Waals surface area contributed by atoms with Crippen molar-refractivity contribution in [2.45, 2.75) is 25.9 Å². The normalized spacial score (nSPS) is 19.3. The zero-order chi connectivity index (χ0) is 19.2. The lowest BCUT2D eigenvalue weighted by molar-refractivity contribution is -0.214. The first-order chi connectivity index (χ1) is 12.2. The largest absolute Gasteiger partial charge is 0.463 e. The molecular formula is C14H16FN5O6.